The van der Waals surface area contributed by atoms with Gasteiger partial charge >= 0.3 is 0 Å². The largest absolute Gasteiger partial charge is 0.484 e. The van der Waals surface area contributed by atoms with E-state index in [0.29, 0.717) is 17.2 Å². The van der Waals surface area contributed by atoms with E-state index in [1.165, 1.54) is 5.56 Å². The van der Waals surface area contributed by atoms with Gasteiger partial charge in [0.2, 0.25) is 0 Å². The van der Waals surface area contributed by atoms with Crippen molar-refractivity contribution in [3.63, 3.8) is 0 Å². The summed E-state index contributed by atoms with van der Waals surface area (Å²) in [5.74, 6) is 1.15. The molecular weight excluding hydrogens is 324 g/mol. The minimum atomic E-state index is -0.166. The molecule has 0 saturated heterocycles. The summed E-state index contributed by atoms with van der Waals surface area (Å²) in [7, 11) is 0. The Kier molecular flexibility index (Phi) is 6.80. The van der Waals surface area contributed by atoms with Gasteiger partial charge in [-0.05, 0) is 47.2 Å². The number of hydrogen-bond acceptors (Lipinski definition) is 3. The maximum absolute atomic E-state index is 12.3. The highest BCUT2D eigenvalue weighted by atomic mass is 16.5. The Bertz CT molecular complexity index is 756. The molecule has 136 valence electrons. The molecule has 2 aromatic rings. The second kappa shape index (κ2) is 9.05. The van der Waals surface area contributed by atoms with Gasteiger partial charge in [-0.25, -0.2) is 0 Å². The summed E-state index contributed by atoms with van der Waals surface area (Å²) in [5, 5.41) is 11.9. The summed E-state index contributed by atoms with van der Waals surface area (Å²) in [6.07, 6.45) is 0. The lowest BCUT2D eigenvalue weighted by molar-refractivity contribution is -0.124. The van der Waals surface area contributed by atoms with Crippen LogP contribution < -0.4 is 10.1 Å². The number of amides is 1. The zero-order valence-electron chi connectivity index (χ0n) is 15.8. The lowest BCUT2D eigenvalue weighted by atomic mass is 9.93. The second-order valence-electron chi connectivity index (χ2n) is 7.04. The molecule has 26 heavy (non-hydrogen) atoms. The monoisotopic (exact) mass is 350 g/mol. The molecule has 0 aliphatic carbocycles. The van der Waals surface area contributed by atoms with Gasteiger partial charge < -0.3 is 10.1 Å². The maximum Gasteiger partial charge on any atom is 0.258 e. The molecule has 2 rings (SSSR count). The molecule has 0 aromatic heterocycles. The number of carbonyl (C=O) groups is 1. The van der Waals surface area contributed by atoms with E-state index in [9.17, 15) is 4.79 Å². The number of nitriles is 1. The van der Waals surface area contributed by atoms with Crippen molar-refractivity contribution in [1.29, 1.82) is 5.26 Å². The first kappa shape index (κ1) is 19.5. The van der Waals surface area contributed by atoms with E-state index < -0.39 is 0 Å². The molecule has 4 nitrogen and oxygen atoms in total. The number of nitrogens with zero attached hydrogens (tertiary/aromatic N) is 1. The third kappa shape index (κ3) is 5.35. The Morgan fingerprint density at radius 2 is 1.58 bits per heavy atom. The lowest BCUT2D eigenvalue weighted by Gasteiger charge is -2.23. The van der Waals surface area contributed by atoms with E-state index in [4.69, 9.17) is 10.00 Å². The van der Waals surface area contributed by atoms with Crippen LogP contribution >= 0.6 is 0 Å². The molecule has 0 radical (unpaired) electrons. The van der Waals surface area contributed by atoms with Crippen molar-refractivity contribution >= 4 is 5.91 Å². The Labute approximate surface area is 155 Å². The van der Waals surface area contributed by atoms with Gasteiger partial charge in [-0.15, -0.1) is 0 Å². The summed E-state index contributed by atoms with van der Waals surface area (Å²) in [5.41, 5.74) is 2.94. The molecule has 0 heterocycles. The van der Waals surface area contributed by atoms with Crippen molar-refractivity contribution in [2.45, 2.75) is 39.7 Å². The van der Waals surface area contributed by atoms with Crippen molar-refractivity contribution in [3.8, 4) is 11.8 Å². The number of hydrogen-bond donors (Lipinski definition) is 1. The maximum atomic E-state index is 12.3. The van der Waals surface area contributed by atoms with E-state index in [2.05, 4.69) is 63.3 Å². The molecule has 0 saturated carbocycles. The van der Waals surface area contributed by atoms with Crippen LogP contribution in [0.4, 0.5) is 0 Å². The zero-order chi connectivity index (χ0) is 19.1. The summed E-state index contributed by atoms with van der Waals surface area (Å²) >= 11 is 0. The Balaban J connectivity index is 1.97. The van der Waals surface area contributed by atoms with E-state index in [0.717, 1.165) is 5.56 Å². The fraction of sp³-hybridized carbons (Fsp3) is 0.364. The van der Waals surface area contributed by atoms with Crippen LogP contribution in [-0.2, 0) is 4.79 Å². The first-order valence-electron chi connectivity index (χ1n) is 8.93. The first-order chi connectivity index (χ1) is 12.4. The smallest absolute Gasteiger partial charge is 0.258 e. The van der Waals surface area contributed by atoms with Crippen LogP contribution in [0.5, 0.6) is 5.75 Å². The number of rotatable bonds is 7. The molecule has 0 aliphatic heterocycles. The molecule has 0 bridgehead atoms. The van der Waals surface area contributed by atoms with E-state index in [1.54, 1.807) is 24.3 Å². The van der Waals surface area contributed by atoms with E-state index >= 15 is 0 Å². The number of ether oxygens (including phenoxy) is 1. The highest BCUT2D eigenvalue weighted by Crippen LogP contribution is 2.24. The summed E-state index contributed by atoms with van der Waals surface area (Å²) in [6.45, 7) is 8.44. The van der Waals surface area contributed by atoms with Crippen LogP contribution in [0.2, 0.25) is 0 Å². The van der Waals surface area contributed by atoms with Crippen molar-refractivity contribution in [2.75, 3.05) is 6.61 Å². The van der Waals surface area contributed by atoms with Crippen molar-refractivity contribution < 1.29 is 9.53 Å². The van der Waals surface area contributed by atoms with Gasteiger partial charge in [0, 0.05) is 0 Å². The molecule has 2 aromatic carbocycles. The number of carbonyl (C=O) groups excluding carboxylic acids is 1. The topological polar surface area (TPSA) is 62.1 Å². The van der Waals surface area contributed by atoms with Crippen LogP contribution in [0.3, 0.4) is 0 Å². The summed E-state index contributed by atoms with van der Waals surface area (Å²) in [4.78, 5) is 12.3. The van der Waals surface area contributed by atoms with Crippen molar-refractivity contribution in [2.24, 2.45) is 5.92 Å². The van der Waals surface area contributed by atoms with Gasteiger partial charge in [0.05, 0.1) is 17.7 Å². The van der Waals surface area contributed by atoms with Crippen molar-refractivity contribution in [3.05, 3.63) is 65.2 Å². The molecule has 0 spiro atoms. The third-order valence-corrected chi connectivity index (χ3v) is 4.30. The van der Waals surface area contributed by atoms with E-state index in [1.807, 2.05) is 0 Å². The number of benzene rings is 2. The molecular formula is C22H26N2O2. The van der Waals surface area contributed by atoms with Crippen LogP contribution in [-0.4, -0.2) is 12.5 Å². The van der Waals surface area contributed by atoms with Gasteiger partial charge in [-0.1, -0.05) is 52.0 Å². The summed E-state index contributed by atoms with van der Waals surface area (Å²) < 4.78 is 5.51. The predicted octanol–water partition coefficient (Wildman–Crippen LogP) is 4.57. The third-order valence-electron chi connectivity index (χ3n) is 4.30. The van der Waals surface area contributed by atoms with Crippen LogP contribution in [0.15, 0.2) is 48.5 Å². The second-order valence-corrected chi connectivity index (χ2v) is 7.04. The summed E-state index contributed by atoms with van der Waals surface area (Å²) in [6, 6.07) is 17.1. The van der Waals surface area contributed by atoms with Crippen LogP contribution in [0, 0.1) is 17.2 Å². The SMILES string of the molecule is CC(C)c1ccc([C@H](NC(=O)COc2ccc(C#N)cc2)C(C)C)cc1. The highest BCUT2D eigenvalue weighted by molar-refractivity contribution is 5.78. The molecule has 1 atom stereocenters. The van der Waals surface area contributed by atoms with Gasteiger partial charge in [-0.2, -0.15) is 5.26 Å². The quantitative estimate of drug-likeness (QED) is 0.795. The average molecular weight is 350 g/mol. The Morgan fingerprint density at radius 3 is 2.08 bits per heavy atom. The van der Waals surface area contributed by atoms with Gasteiger partial charge in [0.25, 0.3) is 5.91 Å². The van der Waals surface area contributed by atoms with Crippen molar-refractivity contribution in [1.82, 2.24) is 5.32 Å². The molecule has 1 amide bonds. The lowest BCUT2D eigenvalue weighted by Crippen LogP contribution is -2.35. The fourth-order valence-electron chi connectivity index (χ4n) is 2.71. The van der Waals surface area contributed by atoms with Gasteiger partial charge in [-0.3, -0.25) is 4.79 Å². The normalized spacial score (nSPS) is 11.9. The minimum Gasteiger partial charge on any atom is -0.484 e. The van der Waals surface area contributed by atoms with Gasteiger partial charge in [0.1, 0.15) is 5.75 Å². The molecule has 0 unspecified atom stereocenters. The van der Waals surface area contributed by atoms with Crippen LogP contribution in [0.1, 0.15) is 56.3 Å². The molecule has 0 fully saturated rings. The first-order valence-corrected chi connectivity index (χ1v) is 8.93. The van der Waals surface area contributed by atoms with E-state index in [-0.39, 0.29) is 24.5 Å². The Morgan fingerprint density at radius 1 is 1.00 bits per heavy atom. The molecule has 4 heteroatoms. The zero-order valence-corrected chi connectivity index (χ0v) is 15.8. The molecule has 1 N–H and O–H groups in total. The van der Waals surface area contributed by atoms with Gasteiger partial charge in [0.15, 0.2) is 6.61 Å². The Hall–Kier alpha value is -2.80. The fourth-order valence-corrected chi connectivity index (χ4v) is 2.71. The standard InChI is InChI=1S/C22H26N2O2/c1-15(2)18-7-9-19(10-8-18)22(16(3)4)24-21(25)14-26-20-11-5-17(13-23)6-12-20/h5-12,15-16,22H,14H2,1-4H3,(H,24,25)/t22-/m1/s1. The van der Waals surface area contributed by atoms with Crippen LogP contribution in [0.25, 0.3) is 0 Å². The molecule has 0 aliphatic rings. The minimum absolute atomic E-state index is 0.0564. The number of nitrogens with one attached hydrogen (secondary N) is 1. The predicted molar refractivity (Wildman–Crippen MR) is 103 cm³/mol. The highest BCUT2D eigenvalue weighted by Gasteiger charge is 2.18. The average Bonchev–Trinajstić information content (AvgIpc) is 2.64.